The largest absolute Gasteiger partial charge is 0.410 e. The quantitative estimate of drug-likeness (QED) is 0.657. The van der Waals surface area contributed by atoms with Gasteiger partial charge in [0.15, 0.2) is 0 Å². The highest BCUT2D eigenvalue weighted by atomic mass is 32.2. The molecule has 24 heavy (non-hydrogen) atoms. The summed E-state index contributed by atoms with van der Waals surface area (Å²) in [6.45, 7) is 3.91. The summed E-state index contributed by atoms with van der Waals surface area (Å²) in [7, 11) is 0. The Labute approximate surface area is 148 Å². The number of carbonyl (C=O) groups excluding carboxylic acids is 1. The number of rotatable bonds is 6. The molecular weight excluding hydrogens is 342 g/mol. The zero-order valence-corrected chi connectivity index (χ0v) is 15.0. The Balaban J connectivity index is 1.59. The van der Waals surface area contributed by atoms with Crippen molar-refractivity contribution in [3.05, 3.63) is 47.3 Å². The van der Waals surface area contributed by atoms with Crippen LogP contribution in [-0.2, 0) is 11.2 Å². The molecule has 3 aromatic rings. The van der Waals surface area contributed by atoms with E-state index in [1.165, 1.54) is 28.7 Å². The molecule has 0 spiro atoms. The molecule has 0 saturated carbocycles. The topological polar surface area (TPSA) is 68.0 Å². The van der Waals surface area contributed by atoms with Gasteiger partial charge in [-0.15, -0.1) is 21.5 Å². The molecule has 1 amide bonds. The average molecular weight is 359 g/mol. The molecule has 3 rings (SSSR count). The number of hydrogen-bond acceptors (Lipinski definition) is 6. The number of thiophene rings is 1. The first-order valence-corrected chi connectivity index (χ1v) is 9.35. The van der Waals surface area contributed by atoms with E-state index < -0.39 is 0 Å². The third-order valence-electron chi connectivity index (χ3n) is 3.41. The Morgan fingerprint density at radius 2 is 2.08 bits per heavy atom. The lowest BCUT2D eigenvalue weighted by atomic mass is 10.1. The Morgan fingerprint density at radius 3 is 2.75 bits per heavy atom. The van der Waals surface area contributed by atoms with Crippen molar-refractivity contribution in [3.8, 4) is 10.8 Å². The molecule has 1 aromatic carbocycles. The lowest BCUT2D eigenvalue weighted by Gasteiger charge is -2.10. The minimum absolute atomic E-state index is 0.0971. The molecule has 0 aliphatic rings. The van der Waals surface area contributed by atoms with Crippen molar-refractivity contribution in [2.45, 2.75) is 30.7 Å². The minimum atomic E-state index is -0.340. The zero-order valence-electron chi connectivity index (χ0n) is 13.4. The molecule has 0 saturated heterocycles. The van der Waals surface area contributed by atoms with Gasteiger partial charge in [-0.25, -0.2) is 0 Å². The molecule has 0 unspecified atom stereocenters. The van der Waals surface area contributed by atoms with E-state index in [0.717, 1.165) is 17.0 Å². The van der Waals surface area contributed by atoms with Crippen LogP contribution in [0.1, 0.15) is 19.4 Å². The first-order chi connectivity index (χ1) is 11.7. The molecule has 1 N–H and O–H groups in total. The van der Waals surface area contributed by atoms with E-state index in [0.29, 0.717) is 11.1 Å². The van der Waals surface area contributed by atoms with Gasteiger partial charge in [-0.1, -0.05) is 36.9 Å². The molecule has 0 aliphatic carbocycles. The van der Waals surface area contributed by atoms with Gasteiger partial charge >= 0.3 is 0 Å². The van der Waals surface area contributed by atoms with Crippen LogP contribution in [0.2, 0.25) is 0 Å². The fourth-order valence-corrected chi connectivity index (χ4v) is 3.36. The summed E-state index contributed by atoms with van der Waals surface area (Å²) in [6, 6.07) is 11.7. The summed E-state index contributed by atoms with van der Waals surface area (Å²) >= 11 is 2.78. The van der Waals surface area contributed by atoms with E-state index in [9.17, 15) is 4.79 Å². The van der Waals surface area contributed by atoms with Crippen LogP contribution in [0.15, 0.2) is 51.4 Å². The maximum atomic E-state index is 12.3. The van der Waals surface area contributed by atoms with Crippen LogP contribution >= 0.6 is 23.1 Å². The fraction of sp³-hybridized carbons (Fsp3) is 0.235. The van der Waals surface area contributed by atoms with E-state index in [1.807, 2.05) is 48.7 Å². The van der Waals surface area contributed by atoms with Gasteiger partial charge in [0.25, 0.3) is 11.1 Å². The molecule has 2 heterocycles. The van der Waals surface area contributed by atoms with Gasteiger partial charge in [0.2, 0.25) is 5.91 Å². The van der Waals surface area contributed by atoms with Crippen molar-refractivity contribution in [3.63, 3.8) is 0 Å². The summed E-state index contributed by atoms with van der Waals surface area (Å²) in [4.78, 5) is 13.2. The highest BCUT2D eigenvalue weighted by Crippen LogP contribution is 2.28. The molecular formula is C17H17N3O2S2. The summed E-state index contributed by atoms with van der Waals surface area (Å²) in [6.07, 6.45) is 0.976. The highest BCUT2D eigenvalue weighted by Gasteiger charge is 2.19. The number of amides is 1. The van der Waals surface area contributed by atoms with Gasteiger partial charge < -0.3 is 9.73 Å². The zero-order chi connectivity index (χ0) is 16.9. The average Bonchev–Trinajstić information content (AvgIpc) is 3.26. The smallest absolute Gasteiger partial charge is 0.277 e. The van der Waals surface area contributed by atoms with Crippen LogP contribution in [0.4, 0.5) is 5.69 Å². The van der Waals surface area contributed by atoms with Gasteiger partial charge in [-0.3, -0.25) is 4.79 Å². The Hall–Kier alpha value is -2.12. The van der Waals surface area contributed by atoms with Gasteiger partial charge in [-0.2, -0.15) is 0 Å². The number of nitrogens with zero attached hydrogens (tertiary/aromatic N) is 2. The van der Waals surface area contributed by atoms with Gasteiger partial charge in [0.05, 0.1) is 10.1 Å². The van der Waals surface area contributed by atoms with E-state index in [1.54, 1.807) is 0 Å². The van der Waals surface area contributed by atoms with Crippen molar-refractivity contribution in [2.75, 3.05) is 5.32 Å². The number of aromatic nitrogens is 2. The summed E-state index contributed by atoms with van der Waals surface area (Å²) in [5.41, 5.74) is 2.02. The maximum absolute atomic E-state index is 12.3. The highest BCUT2D eigenvalue weighted by molar-refractivity contribution is 8.00. The normalized spacial score (nSPS) is 12.1. The Morgan fingerprint density at radius 1 is 1.29 bits per heavy atom. The van der Waals surface area contributed by atoms with Crippen LogP contribution in [0.25, 0.3) is 10.8 Å². The monoisotopic (exact) mass is 359 g/mol. The number of aryl methyl sites for hydroxylation is 1. The fourth-order valence-electron chi connectivity index (χ4n) is 2.03. The van der Waals surface area contributed by atoms with Crippen molar-refractivity contribution in [1.82, 2.24) is 10.2 Å². The van der Waals surface area contributed by atoms with Gasteiger partial charge in [-0.05, 0) is 42.5 Å². The van der Waals surface area contributed by atoms with Crippen molar-refractivity contribution in [1.29, 1.82) is 0 Å². The van der Waals surface area contributed by atoms with Crippen molar-refractivity contribution >= 4 is 34.7 Å². The van der Waals surface area contributed by atoms with Crippen molar-refractivity contribution in [2.24, 2.45) is 0 Å². The third kappa shape index (κ3) is 4.04. The number of anilines is 1. The molecule has 0 aliphatic heterocycles. The SMILES string of the molecule is CCc1ccc(NC(=O)[C@@H](C)Sc2nnc(-c3cccs3)o2)cc1. The van der Waals surface area contributed by atoms with Crippen LogP contribution in [0, 0.1) is 0 Å². The van der Waals surface area contributed by atoms with Crippen LogP contribution < -0.4 is 5.32 Å². The second-order valence-electron chi connectivity index (χ2n) is 5.15. The number of benzene rings is 1. The molecule has 0 fully saturated rings. The maximum Gasteiger partial charge on any atom is 0.277 e. The molecule has 7 heteroatoms. The van der Waals surface area contributed by atoms with Gasteiger partial charge in [0, 0.05) is 5.69 Å². The number of carbonyl (C=O) groups is 1. The summed E-state index contributed by atoms with van der Waals surface area (Å²) in [5, 5.41) is 12.9. The molecule has 2 aromatic heterocycles. The molecule has 1 atom stereocenters. The number of hydrogen-bond donors (Lipinski definition) is 1. The minimum Gasteiger partial charge on any atom is -0.410 e. The summed E-state index contributed by atoms with van der Waals surface area (Å²) < 4.78 is 5.60. The van der Waals surface area contributed by atoms with E-state index >= 15 is 0 Å². The Kier molecular flexibility index (Phi) is 5.32. The molecule has 0 radical (unpaired) electrons. The van der Waals surface area contributed by atoms with Crippen LogP contribution in [-0.4, -0.2) is 21.4 Å². The van der Waals surface area contributed by atoms with Crippen LogP contribution in [0.5, 0.6) is 0 Å². The predicted molar refractivity (Wildman–Crippen MR) is 97.4 cm³/mol. The second kappa shape index (κ2) is 7.63. The standard InChI is InChI=1S/C17H17N3O2S2/c1-3-12-6-8-13(9-7-12)18-15(21)11(2)24-17-20-19-16(22-17)14-5-4-10-23-14/h4-11H,3H2,1-2H3,(H,18,21)/t11-/m1/s1. The molecule has 0 bridgehead atoms. The first-order valence-electron chi connectivity index (χ1n) is 7.59. The van der Waals surface area contributed by atoms with Crippen molar-refractivity contribution < 1.29 is 9.21 Å². The molecule has 5 nitrogen and oxygen atoms in total. The van der Waals surface area contributed by atoms with E-state index in [-0.39, 0.29) is 11.2 Å². The lowest BCUT2D eigenvalue weighted by molar-refractivity contribution is -0.115. The van der Waals surface area contributed by atoms with Crippen LogP contribution in [0.3, 0.4) is 0 Å². The van der Waals surface area contributed by atoms with Gasteiger partial charge in [0.1, 0.15) is 0 Å². The van der Waals surface area contributed by atoms with E-state index in [2.05, 4.69) is 22.4 Å². The molecule has 124 valence electrons. The first kappa shape index (κ1) is 16.7. The number of thioether (sulfide) groups is 1. The number of nitrogens with one attached hydrogen (secondary N) is 1. The second-order valence-corrected chi connectivity index (χ2v) is 7.39. The Bertz CT molecular complexity index is 798. The van der Waals surface area contributed by atoms with E-state index in [4.69, 9.17) is 4.42 Å². The summed E-state index contributed by atoms with van der Waals surface area (Å²) in [5.74, 6) is 0.385. The third-order valence-corrected chi connectivity index (χ3v) is 5.21. The lowest BCUT2D eigenvalue weighted by Crippen LogP contribution is -2.22. The predicted octanol–water partition coefficient (Wildman–Crippen LogP) is 4.48.